The zero-order chi connectivity index (χ0) is 17.6. The lowest BCUT2D eigenvalue weighted by molar-refractivity contribution is 0.415. The minimum Gasteiger partial charge on any atom is -0.497 e. The number of guanidine groups is 1. The van der Waals surface area contributed by atoms with Gasteiger partial charge in [0.1, 0.15) is 5.75 Å². The molecule has 2 rings (SSSR count). The Morgan fingerprint density at radius 1 is 1.28 bits per heavy atom. The van der Waals surface area contributed by atoms with Gasteiger partial charge in [0.05, 0.1) is 18.7 Å². The van der Waals surface area contributed by atoms with Gasteiger partial charge in [-0.05, 0) is 29.8 Å². The number of halogens is 1. The first-order valence-electron chi connectivity index (χ1n) is 7.71. The number of aliphatic imine (C=N–C) groups is 1. The Morgan fingerprint density at radius 2 is 2.04 bits per heavy atom. The summed E-state index contributed by atoms with van der Waals surface area (Å²) < 4.78 is 5.32. The lowest BCUT2D eigenvalue weighted by Crippen LogP contribution is -2.22. The Hall–Kier alpha value is -1.48. The third kappa shape index (κ3) is 7.96. The second-order valence-corrected chi connectivity index (χ2v) is 8.12. The van der Waals surface area contributed by atoms with Crippen molar-refractivity contribution in [3.05, 3.63) is 48.2 Å². The van der Waals surface area contributed by atoms with Gasteiger partial charge in [0.15, 0.2) is 5.96 Å². The molecule has 1 aromatic carbocycles. The maximum atomic E-state index is 5.96. The number of ether oxygens (including phenoxy) is 1. The van der Waals surface area contributed by atoms with E-state index < -0.39 is 0 Å². The molecule has 0 atom stereocenters. The van der Waals surface area contributed by atoms with Gasteiger partial charge in [-0.15, -0.1) is 35.7 Å². The summed E-state index contributed by atoms with van der Waals surface area (Å²) in [7, 11) is 1.63. The third-order valence-electron chi connectivity index (χ3n) is 2.98. The molecule has 0 bridgehead atoms. The van der Waals surface area contributed by atoms with Crippen molar-refractivity contribution in [1.29, 1.82) is 0 Å². The zero-order valence-electron chi connectivity index (χ0n) is 14.9. The monoisotopic (exact) mass is 472 g/mol. The second kappa shape index (κ2) is 9.86. The summed E-state index contributed by atoms with van der Waals surface area (Å²) in [5.41, 5.74) is 7.88. The van der Waals surface area contributed by atoms with Crippen LogP contribution in [0.15, 0.2) is 52.6 Å². The van der Waals surface area contributed by atoms with Gasteiger partial charge in [0, 0.05) is 22.7 Å². The standard InChI is InChI=1S/C18H24N4OS.HI/c1-18(2,3)24-16-10-13(8-9-20-16)12-21-17(19)22-14-6-5-7-15(11-14)23-4;/h5-11H,12H2,1-4H3,(H3,19,21,22);1H. The predicted molar refractivity (Wildman–Crippen MR) is 117 cm³/mol. The molecule has 7 heteroatoms. The van der Waals surface area contributed by atoms with Gasteiger partial charge in [-0.1, -0.05) is 26.8 Å². The van der Waals surface area contributed by atoms with Crippen LogP contribution in [0.5, 0.6) is 5.75 Å². The van der Waals surface area contributed by atoms with Crippen LogP contribution in [0.4, 0.5) is 5.69 Å². The minimum absolute atomic E-state index is 0. The molecular formula is C18H25IN4OS. The van der Waals surface area contributed by atoms with Crippen molar-refractivity contribution < 1.29 is 4.74 Å². The fourth-order valence-corrected chi connectivity index (χ4v) is 2.93. The van der Waals surface area contributed by atoms with Crippen LogP contribution in [0.25, 0.3) is 0 Å². The highest BCUT2D eigenvalue weighted by molar-refractivity contribution is 14.0. The van der Waals surface area contributed by atoms with Gasteiger partial charge in [-0.2, -0.15) is 0 Å². The Kier molecular flexibility index (Phi) is 8.51. The highest BCUT2D eigenvalue weighted by atomic mass is 127. The maximum absolute atomic E-state index is 5.96. The fraction of sp³-hybridized carbons (Fsp3) is 0.333. The Balaban J connectivity index is 0.00000312. The largest absolute Gasteiger partial charge is 0.497 e. The Bertz CT molecular complexity index is 716. The minimum atomic E-state index is 0. The molecule has 0 saturated heterocycles. The lowest BCUT2D eigenvalue weighted by atomic mass is 10.3. The van der Waals surface area contributed by atoms with E-state index in [1.54, 1.807) is 18.9 Å². The summed E-state index contributed by atoms with van der Waals surface area (Å²) >= 11 is 1.74. The summed E-state index contributed by atoms with van der Waals surface area (Å²) in [6.07, 6.45) is 1.81. The molecule has 2 aromatic rings. The van der Waals surface area contributed by atoms with Crippen molar-refractivity contribution in [3.63, 3.8) is 0 Å². The van der Waals surface area contributed by atoms with E-state index in [2.05, 4.69) is 42.1 Å². The summed E-state index contributed by atoms with van der Waals surface area (Å²) in [6.45, 7) is 7.00. The third-order valence-corrected chi connectivity index (χ3v) is 4.03. The van der Waals surface area contributed by atoms with Crippen LogP contribution in [0.3, 0.4) is 0 Å². The molecular weight excluding hydrogens is 447 g/mol. The number of rotatable bonds is 5. The number of anilines is 1. The van der Waals surface area contributed by atoms with E-state index >= 15 is 0 Å². The van der Waals surface area contributed by atoms with Crippen LogP contribution in [0.2, 0.25) is 0 Å². The number of nitrogens with zero attached hydrogens (tertiary/aromatic N) is 2. The Morgan fingerprint density at radius 3 is 2.72 bits per heavy atom. The van der Waals surface area contributed by atoms with Crippen LogP contribution >= 0.6 is 35.7 Å². The maximum Gasteiger partial charge on any atom is 0.193 e. The van der Waals surface area contributed by atoms with E-state index in [0.717, 1.165) is 22.0 Å². The number of hydrogen-bond acceptors (Lipinski definition) is 4. The van der Waals surface area contributed by atoms with Crippen molar-refractivity contribution in [2.75, 3.05) is 12.4 Å². The second-order valence-electron chi connectivity index (χ2n) is 6.28. The van der Waals surface area contributed by atoms with Crippen LogP contribution in [0, 0.1) is 0 Å². The molecule has 0 radical (unpaired) electrons. The van der Waals surface area contributed by atoms with Crippen LogP contribution < -0.4 is 15.8 Å². The summed E-state index contributed by atoms with van der Waals surface area (Å²) in [6, 6.07) is 11.6. The van der Waals surface area contributed by atoms with Crippen molar-refractivity contribution in [1.82, 2.24) is 4.98 Å². The molecule has 25 heavy (non-hydrogen) atoms. The number of methoxy groups -OCH3 is 1. The lowest BCUT2D eigenvalue weighted by Gasteiger charge is -2.16. The summed E-state index contributed by atoms with van der Waals surface area (Å²) in [4.78, 5) is 8.78. The Labute approximate surface area is 170 Å². The molecule has 136 valence electrons. The molecule has 0 aliphatic heterocycles. The smallest absolute Gasteiger partial charge is 0.193 e. The fourth-order valence-electron chi connectivity index (χ4n) is 1.98. The van der Waals surface area contributed by atoms with Crippen LogP contribution in [-0.2, 0) is 6.54 Å². The van der Waals surface area contributed by atoms with E-state index in [0.29, 0.717) is 12.5 Å². The van der Waals surface area contributed by atoms with Crippen molar-refractivity contribution >= 4 is 47.4 Å². The molecule has 1 heterocycles. The zero-order valence-corrected chi connectivity index (χ0v) is 18.1. The predicted octanol–water partition coefficient (Wildman–Crippen LogP) is 4.53. The number of benzene rings is 1. The molecule has 3 N–H and O–H groups in total. The number of aromatic nitrogens is 1. The van der Waals surface area contributed by atoms with Crippen LogP contribution in [0.1, 0.15) is 26.3 Å². The first kappa shape index (κ1) is 21.6. The van der Waals surface area contributed by atoms with Crippen molar-refractivity contribution in [2.24, 2.45) is 10.7 Å². The average Bonchev–Trinajstić information content (AvgIpc) is 2.52. The SMILES string of the molecule is COc1cccc(NC(N)=NCc2ccnc(SC(C)(C)C)c2)c1.I. The molecule has 0 spiro atoms. The topological polar surface area (TPSA) is 72.5 Å². The highest BCUT2D eigenvalue weighted by Gasteiger charge is 2.13. The van der Waals surface area contributed by atoms with E-state index in [-0.39, 0.29) is 28.7 Å². The molecule has 0 saturated carbocycles. The molecule has 0 amide bonds. The van der Waals surface area contributed by atoms with Gasteiger partial charge in [-0.3, -0.25) is 0 Å². The van der Waals surface area contributed by atoms with E-state index in [1.165, 1.54) is 0 Å². The van der Waals surface area contributed by atoms with Gasteiger partial charge >= 0.3 is 0 Å². The normalized spacial score (nSPS) is 11.6. The van der Waals surface area contributed by atoms with E-state index in [9.17, 15) is 0 Å². The average molecular weight is 472 g/mol. The van der Waals surface area contributed by atoms with Gasteiger partial charge in [-0.25, -0.2) is 9.98 Å². The number of pyridine rings is 1. The molecule has 0 aliphatic rings. The number of nitrogens with one attached hydrogen (secondary N) is 1. The molecule has 0 fully saturated rings. The van der Waals surface area contributed by atoms with E-state index in [1.807, 2.05) is 36.5 Å². The first-order valence-corrected chi connectivity index (χ1v) is 8.52. The van der Waals surface area contributed by atoms with Crippen LogP contribution in [-0.4, -0.2) is 22.8 Å². The molecule has 0 aliphatic carbocycles. The van der Waals surface area contributed by atoms with Gasteiger partial charge in [0.25, 0.3) is 0 Å². The molecule has 0 unspecified atom stereocenters. The highest BCUT2D eigenvalue weighted by Crippen LogP contribution is 2.30. The number of hydrogen-bond donors (Lipinski definition) is 2. The number of nitrogens with two attached hydrogens (primary N) is 1. The van der Waals surface area contributed by atoms with Crippen molar-refractivity contribution in [3.8, 4) is 5.75 Å². The quantitative estimate of drug-likeness (QED) is 0.290. The van der Waals surface area contributed by atoms with Gasteiger partial charge in [0.2, 0.25) is 0 Å². The molecule has 1 aromatic heterocycles. The van der Waals surface area contributed by atoms with E-state index in [4.69, 9.17) is 10.5 Å². The summed E-state index contributed by atoms with van der Waals surface area (Å²) in [5, 5.41) is 4.06. The molecule has 5 nitrogen and oxygen atoms in total. The van der Waals surface area contributed by atoms with Gasteiger partial charge < -0.3 is 15.8 Å². The van der Waals surface area contributed by atoms with Crippen molar-refractivity contribution in [2.45, 2.75) is 37.1 Å². The first-order chi connectivity index (χ1) is 11.4. The summed E-state index contributed by atoms with van der Waals surface area (Å²) in [5.74, 6) is 1.14. The number of thioether (sulfide) groups is 1.